The molecule has 1 atom stereocenters. The third-order valence-corrected chi connectivity index (χ3v) is 5.29. The third-order valence-electron chi connectivity index (χ3n) is 4.76. The summed E-state index contributed by atoms with van der Waals surface area (Å²) in [6.07, 6.45) is 9.79. The molecular weight excluding hydrogens is 312 g/mol. The molecule has 20 heavy (non-hydrogen) atoms. The zero-order valence-corrected chi connectivity index (χ0v) is 14.1. The third kappa shape index (κ3) is 4.89. The van der Waals surface area contributed by atoms with Gasteiger partial charge in [0.2, 0.25) is 0 Å². The van der Waals surface area contributed by atoms with Crippen LogP contribution in [-0.2, 0) is 6.42 Å². The number of aliphatic hydroxyl groups excluding tert-OH is 1. The van der Waals surface area contributed by atoms with Gasteiger partial charge in [-0.15, -0.1) is 0 Å². The van der Waals surface area contributed by atoms with Crippen LogP contribution in [0.2, 0.25) is 0 Å². The van der Waals surface area contributed by atoms with Crippen molar-refractivity contribution in [2.24, 2.45) is 11.8 Å². The average molecular weight is 339 g/mol. The Morgan fingerprint density at radius 3 is 2.40 bits per heavy atom. The zero-order valence-electron chi connectivity index (χ0n) is 12.5. The summed E-state index contributed by atoms with van der Waals surface area (Å²) in [5, 5.41) is 10.4. The van der Waals surface area contributed by atoms with Gasteiger partial charge >= 0.3 is 0 Å². The highest BCUT2D eigenvalue weighted by atomic mass is 79.9. The summed E-state index contributed by atoms with van der Waals surface area (Å²) in [4.78, 5) is 0. The molecule has 2 rings (SSSR count). The summed E-state index contributed by atoms with van der Waals surface area (Å²) in [5.74, 6) is 1.43. The Bertz CT molecular complexity index is 379. The van der Waals surface area contributed by atoms with Crippen molar-refractivity contribution in [2.45, 2.75) is 64.4 Å². The minimum Gasteiger partial charge on any atom is -0.392 e. The van der Waals surface area contributed by atoms with Crippen LogP contribution in [0.25, 0.3) is 0 Å². The van der Waals surface area contributed by atoms with Crippen LogP contribution in [0.3, 0.4) is 0 Å². The van der Waals surface area contributed by atoms with Crippen LogP contribution in [-0.4, -0.2) is 11.2 Å². The van der Waals surface area contributed by atoms with Gasteiger partial charge in [-0.05, 0) is 48.8 Å². The first-order valence-electron chi connectivity index (χ1n) is 8.11. The fraction of sp³-hybridized carbons (Fsp3) is 0.667. The summed E-state index contributed by atoms with van der Waals surface area (Å²) in [5.41, 5.74) is 1.24. The molecule has 1 aromatic rings. The Kier molecular flexibility index (Phi) is 6.57. The minimum atomic E-state index is -0.164. The number of benzene rings is 1. The van der Waals surface area contributed by atoms with Gasteiger partial charge in [0.15, 0.2) is 0 Å². The highest BCUT2D eigenvalue weighted by Gasteiger charge is 2.26. The Labute approximate surface area is 131 Å². The Morgan fingerprint density at radius 1 is 1.15 bits per heavy atom. The molecule has 112 valence electrons. The fourth-order valence-electron chi connectivity index (χ4n) is 3.38. The number of aliphatic hydroxyl groups is 1. The first kappa shape index (κ1) is 16.0. The van der Waals surface area contributed by atoms with Gasteiger partial charge in [0.1, 0.15) is 0 Å². The molecule has 0 spiro atoms. The lowest BCUT2D eigenvalue weighted by atomic mass is 9.76. The lowest BCUT2D eigenvalue weighted by molar-refractivity contribution is 0.0726. The van der Waals surface area contributed by atoms with Crippen LogP contribution in [0.1, 0.15) is 57.4 Å². The summed E-state index contributed by atoms with van der Waals surface area (Å²) >= 11 is 3.45. The van der Waals surface area contributed by atoms with Gasteiger partial charge in [-0.25, -0.2) is 0 Å². The van der Waals surface area contributed by atoms with Gasteiger partial charge in [-0.2, -0.15) is 0 Å². The smallest absolute Gasteiger partial charge is 0.0608 e. The molecule has 1 fully saturated rings. The van der Waals surface area contributed by atoms with E-state index in [1.54, 1.807) is 0 Å². The Balaban J connectivity index is 1.76. The Morgan fingerprint density at radius 2 is 1.80 bits per heavy atom. The van der Waals surface area contributed by atoms with E-state index >= 15 is 0 Å². The number of halogens is 1. The maximum absolute atomic E-state index is 10.4. The minimum absolute atomic E-state index is 0.164. The van der Waals surface area contributed by atoms with E-state index in [2.05, 4.69) is 47.1 Å². The van der Waals surface area contributed by atoms with Crippen molar-refractivity contribution in [1.82, 2.24) is 0 Å². The van der Waals surface area contributed by atoms with Crippen LogP contribution in [0.15, 0.2) is 28.7 Å². The van der Waals surface area contributed by atoms with Crippen molar-refractivity contribution < 1.29 is 5.11 Å². The topological polar surface area (TPSA) is 20.2 Å². The van der Waals surface area contributed by atoms with Crippen molar-refractivity contribution in [3.05, 3.63) is 34.3 Å². The first-order chi connectivity index (χ1) is 9.69. The molecule has 0 aliphatic heterocycles. The van der Waals surface area contributed by atoms with E-state index in [1.807, 2.05) is 0 Å². The van der Waals surface area contributed by atoms with Gasteiger partial charge in [0.05, 0.1) is 6.10 Å². The molecule has 1 aliphatic rings. The van der Waals surface area contributed by atoms with E-state index in [4.69, 9.17) is 0 Å². The largest absolute Gasteiger partial charge is 0.392 e. The van der Waals surface area contributed by atoms with Crippen LogP contribution < -0.4 is 0 Å². The second-order valence-electron chi connectivity index (χ2n) is 6.32. The highest BCUT2D eigenvalue weighted by molar-refractivity contribution is 9.10. The van der Waals surface area contributed by atoms with Crippen molar-refractivity contribution in [3.63, 3.8) is 0 Å². The molecule has 1 aliphatic carbocycles. The zero-order chi connectivity index (χ0) is 14.4. The number of hydrogen-bond acceptors (Lipinski definition) is 1. The Hall–Kier alpha value is -0.340. The van der Waals surface area contributed by atoms with E-state index in [9.17, 15) is 5.11 Å². The molecule has 0 saturated heterocycles. The molecule has 1 aromatic carbocycles. The molecule has 0 bridgehead atoms. The molecule has 0 aromatic heterocycles. The summed E-state index contributed by atoms with van der Waals surface area (Å²) in [7, 11) is 0. The van der Waals surface area contributed by atoms with Gasteiger partial charge < -0.3 is 5.11 Å². The molecule has 0 heterocycles. The molecule has 1 N–H and O–H groups in total. The van der Waals surface area contributed by atoms with Gasteiger partial charge in [0.25, 0.3) is 0 Å². The van der Waals surface area contributed by atoms with Gasteiger partial charge in [0, 0.05) is 4.47 Å². The number of unbranched alkanes of at least 4 members (excludes halogenated alkanes) is 1. The lowest BCUT2D eigenvalue weighted by Crippen LogP contribution is -2.27. The average Bonchev–Trinajstić information content (AvgIpc) is 2.48. The van der Waals surface area contributed by atoms with Crippen molar-refractivity contribution in [1.29, 1.82) is 0 Å². The van der Waals surface area contributed by atoms with Crippen molar-refractivity contribution in [2.75, 3.05) is 0 Å². The molecule has 0 amide bonds. The normalized spacial score (nSPS) is 24.6. The molecular formula is C18H27BrO. The van der Waals surface area contributed by atoms with Crippen LogP contribution in [0.4, 0.5) is 0 Å². The van der Waals surface area contributed by atoms with Crippen LogP contribution in [0, 0.1) is 11.8 Å². The quantitative estimate of drug-likeness (QED) is 0.741. The maximum atomic E-state index is 10.4. The predicted octanol–water partition coefficient (Wildman–Crippen LogP) is 5.35. The van der Waals surface area contributed by atoms with Crippen LogP contribution >= 0.6 is 15.9 Å². The standard InChI is InChI=1S/C18H27BrO/c1-2-3-4-14-5-9-16(10-6-14)18(20)13-15-7-11-17(19)12-8-15/h7-8,11-12,14,16,18,20H,2-6,9-10,13H2,1H3. The summed E-state index contributed by atoms with van der Waals surface area (Å²) < 4.78 is 1.10. The molecule has 1 nitrogen and oxygen atoms in total. The van der Waals surface area contributed by atoms with Crippen molar-refractivity contribution in [3.8, 4) is 0 Å². The maximum Gasteiger partial charge on any atom is 0.0608 e. The predicted molar refractivity (Wildman–Crippen MR) is 88.8 cm³/mol. The fourth-order valence-corrected chi connectivity index (χ4v) is 3.65. The monoisotopic (exact) mass is 338 g/mol. The molecule has 1 unspecified atom stereocenters. The van der Waals surface area contributed by atoms with E-state index < -0.39 is 0 Å². The van der Waals surface area contributed by atoms with E-state index in [0.29, 0.717) is 5.92 Å². The SMILES string of the molecule is CCCCC1CCC(C(O)Cc2ccc(Br)cc2)CC1. The van der Waals surface area contributed by atoms with E-state index in [0.717, 1.165) is 16.8 Å². The molecule has 2 heteroatoms. The second-order valence-corrected chi connectivity index (χ2v) is 7.24. The van der Waals surface area contributed by atoms with Crippen molar-refractivity contribution >= 4 is 15.9 Å². The highest BCUT2D eigenvalue weighted by Crippen LogP contribution is 2.34. The first-order valence-corrected chi connectivity index (χ1v) is 8.91. The molecule has 0 radical (unpaired) electrons. The number of hydrogen-bond donors (Lipinski definition) is 1. The second kappa shape index (κ2) is 8.19. The van der Waals surface area contributed by atoms with Gasteiger partial charge in [-0.1, -0.05) is 67.1 Å². The summed E-state index contributed by atoms with van der Waals surface area (Å²) in [6.45, 7) is 2.27. The van der Waals surface area contributed by atoms with Crippen LogP contribution in [0.5, 0.6) is 0 Å². The summed E-state index contributed by atoms with van der Waals surface area (Å²) in [6, 6.07) is 8.34. The van der Waals surface area contributed by atoms with Gasteiger partial charge in [-0.3, -0.25) is 0 Å². The number of rotatable bonds is 6. The van der Waals surface area contributed by atoms with E-state index in [-0.39, 0.29) is 6.10 Å². The van der Waals surface area contributed by atoms with E-state index in [1.165, 1.54) is 50.5 Å². The lowest BCUT2D eigenvalue weighted by Gasteiger charge is -2.31. The molecule has 1 saturated carbocycles.